The summed E-state index contributed by atoms with van der Waals surface area (Å²) in [6, 6.07) is 1.97. The summed E-state index contributed by atoms with van der Waals surface area (Å²) < 4.78 is 5.20. The van der Waals surface area contributed by atoms with E-state index in [1.807, 2.05) is 6.07 Å². The van der Waals surface area contributed by atoms with Crippen LogP contribution in [0.1, 0.15) is 104 Å². The van der Waals surface area contributed by atoms with Crippen LogP contribution in [0, 0.1) is 11.3 Å². The second kappa shape index (κ2) is 18.0. The van der Waals surface area contributed by atoms with Gasteiger partial charge in [0, 0.05) is 0 Å². The van der Waals surface area contributed by atoms with E-state index in [1.54, 1.807) is 6.08 Å². The molecule has 138 valence electrons. The molecule has 0 radical (unpaired) electrons. The Morgan fingerprint density at radius 1 is 0.833 bits per heavy atom. The van der Waals surface area contributed by atoms with Crippen LogP contribution >= 0.6 is 0 Å². The Bertz CT molecular complexity index is 369. The fourth-order valence-corrected chi connectivity index (χ4v) is 2.65. The first-order valence-corrected chi connectivity index (χ1v) is 10.0. The summed E-state index contributed by atoms with van der Waals surface area (Å²) in [5.41, 5.74) is 0.173. The molecule has 0 aromatic carbocycles. The quantitative estimate of drug-likeness (QED) is 0.140. The fourth-order valence-electron chi connectivity index (χ4n) is 2.65. The van der Waals surface area contributed by atoms with E-state index < -0.39 is 5.97 Å². The van der Waals surface area contributed by atoms with E-state index in [0.29, 0.717) is 6.61 Å². The molecule has 0 aliphatic rings. The first kappa shape index (κ1) is 22.7. The summed E-state index contributed by atoms with van der Waals surface area (Å²) in [5, 5.41) is 9.07. The number of carbonyl (C=O) groups excluding carboxylic acids is 1. The summed E-state index contributed by atoms with van der Waals surface area (Å²) in [5.74, 6) is -0.450. The minimum atomic E-state index is -0.450. The van der Waals surface area contributed by atoms with Crippen LogP contribution in [0.5, 0.6) is 0 Å². The molecule has 3 nitrogen and oxygen atoms in total. The summed E-state index contributed by atoms with van der Waals surface area (Å²) in [6.07, 6.45) is 18.2. The monoisotopic (exact) mass is 335 g/mol. The second-order valence-electron chi connectivity index (χ2n) is 6.54. The number of nitriles is 1. The van der Waals surface area contributed by atoms with Crippen LogP contribution in [-0.4, -0.2) is 12.6 Å². The number of hydrogen-bond acceptors (Lipinski definition) is 3. The van der Waals surface area contributed by atoms with Crippen molar-refractivity contribution in [2.45, 2.75) is 104 Å². The number of unbranched alkanes of at least 4 members (excludes halogenated alkanes) is 12. The molecule has 0 heterocycles. The van der Waals surface area contributed by atoms with E-state index in [4.69, 9.17) is 10.00 Å². The third-order valence-corrected chi connectivity index (χ3v) is 4.23. The number of esters is 1. The zero-order valence-corrected chi connectivity index (χ0v) is 15.9. The second-order valence-corrected chi connectivity index (χ2v) is 6.54. The molecule has 0 bridgehead atoms. The SMILES string of the molecule is CCCCCCCCC=C(C#N)C(=O)OCCCCCCCCC. The lowest BCUT2D eigenvalue weighted by Gasteiger charge is -2.04. The number of nitrogens with zero attached hydrogens (tertiary/aromatic N) is 1. The van der Waals surface area contributed by atoms with Gasteiger partial charge in [-0.3, -0.25) is 0 Å². The number of ether oxygens (including phenoxy) is 1. The zero-order chi connectivity index (χ0) is 17.9. The third-order valence-electron chi connectivity index (χ3n) is 4.23. The van der Waals surface area contributed by atoms with E-state index in [9.17, 15) is 4.79 Å². The largest absolute Gasteiger partial charge is 0.462 e. The molecule has 0 fully saturated rings. The van der Waals surface area contributed by atoms with Crippen molar-refractivity contribution in [3.63, 3.8) is 0 Å². The van der Waals surface area contributed by atoms with Crippen molar-refractivity contribution in [3.8, 4) is 6.07 Å². The molecule has 24 heavy (non-hydrogen) atoms. The Hall–Kier alpha value is -1.30. The smallest absolute Gasteiger partial charge is 0.348 e. The normalized spacial score (nSPS) is 11.3. The van der Waals surface area contributed by atoms with E-state index in [2.05, 4.69) is 13.8 Å². The van der Waals surface area contributed by atoms with Crippen molar-refractivity contribution in [3.05, 3.63) is 11.6 Å². The fraction of sp³-hybridized carbons (Fsp3) is 0.810. The molecule has 3 heteroatoms. The minimum absolute atomic E-state index is 0.173. The molecule has 0 aliphatic heterocycles. The highest BCUT2D eigenvalue weighted by molar-refractivity contribution is 5.92. The van der Waals surface area contributed by atoms with Crippen molar-refractivity contribution in [1.82, 2.24) is 0 Å². The van der Waals surface area contributed by atoms with Gasteiger partial charge in [0.05, 0.1) is 6.61 Å². The lowest BCUT2D eigenvalue weighted by Crippen LogP contribution is -2.08. The number of hydrogen-bond donors (Lipinski definition) is 0. The predicted molar refractivity (Wildman–Crippen MR) is 101 cm³/mol. The van der Waals surface area contributed by atoms with E-state index in [-0.39, 0.29) is 5.57 Å². The molecular formula is C21H37NO2. The molecular weight excluding hydrogens is 298 g/mol. The lowest BCUT2D eigenvalue weighted by molar-refractivity contribution is -0.138. The third kappa shape index (κ3) is 14.3. The van der Waals surface area contributed by atoms with Crippen molar-refractivity contribution in [2.24, 2.45) is 0 Å². The Kier molecular flexibility index (Phi) is 17.1. The van der Waals surface area contributed by atoms with Crippen molar-refractivity contribution in [1.29, 1.82) is 5.26 Å². The van der Waals surface area contributed by atoms with Gasteiger partial charge in [-0.2, -0.15) is 5.26 Å². The first-order valence-electron chi connectivity index (χ1n) is 10.0. The molecule has 0 saturated heterocycles. The van der Waals surface area contributed by atoms with Gasteiger partial charge < -0.3 is 4.74 Å². The zero-order valence-electron chi connectivity index (χ0n) is 15.9. The van der Waals surface area contributed by atoms with Gasteiger partial charge in [0.1, 0.15) is 11.6 Å². The predicted octanol–water partition coefficient (Wildman–Crippen LogP) is 6.48. The average molecular weight is 336 g/mol. The van der Waals surface area contributed by atoms with Crippen LogP contribution in [0.25, 0.3) is 0 Å². The molecule has 0 spiro atoms. The molecule has 0 aromatic rings. The van der Waals surface area contributed by atoms with Crippen LogP contribution < -0.4 is 0 Å². The number of rotatable bonds is 16. The molecule has 0 rings (SSSR count). The first-order chi connectivity index (χ1) is 11.8. The molecule has 0 N–H and O–H groups in total. The van der Waals surface area contributed by atoms with Gasteiger partial charge in [0.25, 0.3) is 0 Å². The highest BCUT2D eigenvalue weighted by atomic mass is 16.5. The summed E-state index contributed by atoms with van der Waals surface area (Å²) in [7, 11) is 0. The van der Waals surface area contributed by atoms with E-state index in [0.717, 1.165) is 25.7 Å². The Balaban J connectivity index is 3.69. The lowest BCUT2D eigenvalue weighted by atomic mass is 10.1. The van der Waals surface area contributed by atoms with Crippen LogP contribution in [0.15, 0.2) is 11.6 Å². The van der Waals surface area contributed by atoms with Gasteiger partial charge in [0.15, 0.2) is 0 Å². The van der Waals surface area contributed by atoms with Crippen LogP contribution in [-0.2, 0) is 9.53 Å². The summed E-state index contributed by atoms with van der Waals surface area (Å²) >= 11 is 0. The molecule has 0 aromatic heterocycles. The van der Waals surface area contributed by atoms with Gasteiger partial charge in [-0.1, -0.05) is 90.6 Å². The Labute approximate surface area is 149 Å². The van der Waals surface area contributed by atoms with Crippen LogP contribution in [0.3, 0.4) is 0 Å². The maximum atomic E-state index is 11.8. The molecule has 0 aliphatic carbocycles. The van der Waals surface area contributed by atoms with Gasteiger partial charge >= 0.3 is 5.97 Å². The Morgan fingerprint density at radius 2 is 1.33 bits per heavy atom. The van der Waals surface area contributed by atoms with E-state index >= 15 is 0 Å². The molecule has 0 amide bonds. The molecule has 0 atom stereocenters. The van der Waals surface area contributed by atoms with Gasteiger partial charge in [0.2, 0.25) is 0 Å². The molecule has 0 saturated carbocycles. The van der Waals surface area contributed by atoms with E-state index in [1.165, 1.54) is 64.2 Å². The maximum Gasteiger partial charge on any atom is 0.348 e. The summed E-state index contributed by atoms with van der Waals surface area (Å²) in [6.45, 7) is 4.86. The maximum absolute atomic E-state index is 11.8. The standard InChI is InChI=1S/C21H37NO2/c1-3-5-7-9-11-13-15-17-20(19-22)21(23)24-18-16-14-12-10-8-6-4-2/h17H,3-16,18H2,1-2H3. The summed E-state index contributed by atoms with van der Waals surface area (Å²) in [4.78, 5) is 11.8. The van der Waals surface area contributed by atoms with Crippen LogP contribution in [0.2, 0.25) is 0 Å². The highest BCUT2D eigenvalue weighted by Gasteiger charge is 2.09. The van der Waals surface area contributed by atoms with Crippen molar-refractivity contribution in [2.75, 3.05) is 6.61 Å². The Morgan fingerprint density at radius 3 is 1.88 bits per heavy atom. The van der Waals surface area contributed by atoms with Gasteiger partial charge in [-0.25, -0.2) is 4.79 Å². The number of carbonyl (C=O) groups is 1. The molecule has 0 unspecified atom stereocenters. The van der Waals surface area contributed by atoms with Gasteiger partial charge in [-0.15, -0.1) is 0 Å². The van der Waals surface area contributed by atoms with Crippen molar-refractivity contribution < 1.29 is 9.53 Å². The van der Waals surface area contributed by atoms with Crippen LogP contribution in [0.4, 0.5) is 0 Å². The van der Waals surface area contributed by atoms with Gasteiger partial charge in [-0.05, 0) is 19.3 Å². The highest BCUT2D eigenvalue weighted by Crippen LogP contribution is 2.10. The van der Waals surface area contributed by atoms with Crippen molar-refractivity contribution >= 4 is 5.97 Å². The minimum Gasteiger partial charge on any atom is -0.462 e. The topological polar surface area (TPSA) is 50.1 Å². The average Bonchev–Trinajstić information content (AvgIpc) is 2.59. The number of allylic oxidation sites excluding steroid dienone is 1.